The van der Waals surface area contributed by atoms with Gasteiger partial charge in [0.1, 0.15) is 5.00 Å². The second-order valence-electron chi connectivity index (χ2n) is 7.18. The topological polar surface area (TPSA) is 85.8 Å². The van der Waals surface area contributed by atoms with Gasteiger partial charge in [-0.2, -0.15) is 0 Å². The molecule has 0 aliphatic rings. The van der Waals surface area contributed by atoms with Crippen LogP contribution in [0.4, 0.5) is 21.2 Å². The lowest BCUT2D eigenvalue weighted by Gasteiger charge is -2.24. The molecule has 0 radical (unpaired) electrons. The minimum atomic E-state index is -3.64. The molecule has 0 saturated heterocycles. The summed E-state index contributed by atoms with van der Waals surface area (Å²) in [6.07, 6.45) is 2.14. The molecule has 0 aliphatic heterocycles. The van der Waals surface area contributed by atoms with Crippen molar-refractivity contribution >= 4 is 43.8 Å². The summed E-state index contributed by atoms with van der Waals surface area (Å²) in [5.41, 5.74) is 2.29. The molecule has 0 saturated carbocycles. The molecule has 0 aliphatic carbocycles. The Labute approximate surface area is 183 Å². The molecule has 10 heteroatoms. The number of nitrogens with one attached hydrogen (secondary N) is 1. The Kier molecular flexibility index (Phi) is 8.22. The summed E-state index contributed by atoms with van der Waals surface area (Å²) in [5, 5.41) is 3.34. The van der Waals surface area contributed by atoms with Crippen molar-refractivity contribution in [3.05, 3.63) is 30.0 Å². The van der Waals surface area contributed by atoms with Gasteiger partial charge in [-0.15, -0.1) is 0 Å². The maximum atomic E-state index is 12.7. The van der Waals surface area contributed by atoms with Crippen LogP contribution in [-0.2, 0) is 10.0 Å². The number of carbonyl (C=O) groups is 1. The monoisotopic (exact) mass is 453 g/mol. The quantitative estimate of drug-likeness (QED) is 0.620. The number of nitrogens with zero attached hydrogens (tertiary/aromatic N) is 4. The predicted molar refractivity (Wildman–Crippen MR) is 124 cm³/mol. The van der Waals surface area contributed by atoms with Gasteiger partial charge in [-0.1, -0.05) is 25.2 Å². The second-order valence-corrected chi connectivity index (χ2v) is 10.5. The molecule has 1 heterocycles. The molecular weight excluding hydrogens is 422 g/mol. The number of carbonyl (C=O) groups excluding carboxylic acids is 1. The summed E-state index contributed by atoms with van der Waals surface area (Å²) >= 11 is 0.977. The zero-order chi connectivity index (χ0) is 22.5. The minimum Gasteiger partial charge on any atom is -0.372 e. The summed E-state index contributed by atoms with van der Waals surface area (Å²) in [6.45, 7) is 7.98. The number of amides is 2. The van der Waals surface area contributed by atoms with Crippen LogP contribution in [0.15, 0.2) is 28.6 Å². The molecule has 1 N–H and O–H groups in total. The third-order valence-corrected chi connectivity index (χ3v) is 7.94. The second kappa shape index (κ2) is 10.2. The van der Waals surface area contributed by atoms with E-state index < -0.39 is 10.0 Å². The van der Waals surface area contributed by atoms with Crippen molar-refractivity contribution in [3.8, 4) is 0 Å². The number of benzene rings is 1. The molecule has 30 heavy (non-hydrogen) atoms. The van der Waals surface area contributed by atoms with Gasteiger partial charge in [-0.25, -0.2) is 22.5 Å². The zero-order valence-electron chi connectivity index (χ0n) is 18.5. The molecule has 2 aromatic rings. The fourth-order valence-electron chi connectivity index (χ4n) is 2.91. The highest BCUT2D eigenvalue weighted by molar-refractivity contribution is 7.91. The standard InChI is InChI=1S/C20H31N5O3S2/c1-7-13-25(14-8-2)17-11-9-16(10-12-17)22-19(26)24(6)18-15(3)21-20(29-18)30(27,28)23(4)5/h9-12H,7-8,13-14H2,1-6H3,(H,22,26). The van der Waals surface area contributed by atoms with Gasteiger partial charge < -0.3 is 10.2 Å². The molecule has 166 valence electrons. The number of urea groups is 1. The Morgan fingerprint density at radius 3 is 2.13 bits per heavy atom. The molecule has 0 bridgehead atoms. The Hall–Kier alpha value is -2.17. The lowest BCUT2D eigenvalue weighted by atomic mass is 10.2. The van der Waals surface area contributed by atoms with Gasteiger partial charge in [-0.3, -0.25) is 4.90 Å². The molecule has 1 aromatic heterocycles. The van der Waals surface area contributed by atoms with Gasteiger partial charge in [0, 0.05) is 45.6 Å². The Bertz CT molecular complexity index is 949. The maximum absolute atomic E-state index is 12.7. The summed E-state index contributed by atoms with van der Waals surface area (Å²) in [6, 6.07) is 7.39. The van der Waals surface area contributed by atoms with E-state index in [0.29, 0.717) is 16.4 Å². The van der Waals surface area contributed by atoms with E-state index in [1.54, 1.807) is 14.0 Å². The summed E-state index contributed by atoms with van der Waals surface area (Å²) in [5.74, 6) is 0. The van der Waals surface area contributed by atoms with Crippen LogP contribution in [0.1, 0.15) is 32.4 Å². The van der Waals surface area contributed by atoms with E-state index in [1.165, 1.54) is 19.0 Å². The third-order valence-electron chi connectivity index (χ3n) is 4.53. The van der Waals surface area contributed by atoms with Crippen LogP contribution in [0.5, 0.6) is 0 Å². The highest BCUT2D eigenvalue weighted by atomic mass is 32.2. The van der Waals surface area contributed by atoms with E-state index in [1.807, 2.05) is 24.3 Å². The van der Waals surface area contributed by atoms with E-state index in [2.05, 4.69) is 29.0 Å². The molecule has 2 amide bonds. The van der Waals surface area contributed by atoms with Crippen LogP contribution in [0.2, 0.25) is 0 Å². The predicted octanol–water partition coefficient (Wildman–Crippen LogP) is 4.00. The fraction of sp³-hybridized carbons (Fsp3) is 0.500. The van der Waals surface area contributed by atoms with Crippen LogP contribution >= 0.6 is 11.3 Å². The van der Waals surface area contributed by atoms with Crippen molar-refractivity contribution in [1.29, 1.82) is 0 Å². The first-order chi connectivity index (χ1) is 14.1. The number of aryl methyl sites for hydroxylation is 1. The van der Waals surface area contributed by atoms with Crippen molar-refractivity contribution in [3.63, 3.8) is 0 Å². The van der Waals surface area contributed by atoms with Crippen LogP contribution in [0.25, 0.3) is 0 Å². The van der Waals surface area contributed by atoms with E-state index >= 15 is 0 Å². The molecule has 0 unspecified atom stereocenters. The minimum absolute atomic E-state index is 0.0315. The van der Waals surface area contributed by atoms with Gasteiger partial charge in [0.15, 0.2) is 0 Å². The maximum Gasteiger partial charge on any atom is 0.326 e. The number of thiazole rings is 1. The average molecular weight is 454 g/mol. The van der Waals surface area contributed by atoms with E-state index in [9.17, 15) is 13.2 Å². The van der Waals surface area contributed by atoms with Crippen LogP contribution in [0, 0.1) is 6.92 Å². The molecular formula is C20H31N5O3S2. The van der Waals surface area contributed by atoms with Crippen molar-refractivity contribution in [2.24, 2.45) is 0 Å². The van der Waals surface area contributed by atoms with Crippen molar-refractivity contribution in [2.45, 2.75) is 38.0 Å². The van der Waals surface area contributed by atoms with Gasteiger partial charge in [0.05, 0.1) is 5.69 Å². The Balaban J connectivity index is 2.14. The van der Waals surface area contributed by atoms with Crippen LogP contribution < -0.4 is 15.1 Å². The first-order valence-corrected chi connectivity index (χ1v) is 12.2. The van der Waals surface area contributed by atoms with Crippen LogP contribution in [-0.4, -0.2) is 58.0 Å². The van der Waals surface area contributed by atoms with Gasteiger partial charge in [-0.05, 0) is 44.0 Å². The van der Waals surface area contributed by atoms with Gasteiger partial charge in [0.2, 0.25) is 4.34 Å². The molecule has 0 spiro atoms. The normalized spacial score (nSPS) is 11.6. The Morgan fingerprint density at radius 2 is 1.63 bits per heavy atom. The smallest absolute Gasteiger partial charge is 0.326 e. The van der Waals surface area contributed by atoms with Crippen molar-refractivity contribution in [2.75, 3.05) is 49.3 Å². The van der Waals surface area contributed by atoms with Gasteiger partial charge in [0.25, 0.3) is 10.0 Å². The number of sulfonamides is 1. The average Bonchev–Trinajstić information content (AvgIpc) is 3.10. The zero-order valence-corrected chi connectivity index (χ0v) is 20.1. The molecule has 1 aromatic carbocycles. The molecule has 0 fully saturated rings. The number of anilines is 3. The summed E-state index contributed by atoms with van der Waals surface area (Å²) in [4.78, 5) is 20.6. The lowest BCUT2D eigenvalue weighted by molar-refractivity contribution is 0.258. The summed E-state index contributed by atoms with van der Waals surface area (Å²) in [7, 11) is 0.861. The highest BCUT2D eigenvalue weighted by Gasteiger charge is 2.26. The van der Waals surface area contributed by atoms with E-state index in [-0.39, 0.29) is 10.4 Å². The summed E-state index contributed by atoms with van der Waals surface area (Å²) < 4.78 is 25.7. The molecule has 2 rings (SSSR count). The molecule has 8 nitrogen and oxygen atoms in total. The third kappa shape index (κ3) is 5.50. The van der Waals surface area contributed by atoms with Crippen LogP contribution in [0.3, 0.4) is 0 Å². The number of rotatable bonds is 9. The first kappa shape index (κ1) is 24.1. The van der Waals surface area contributed by atoms with Crippen molar-refractivity contribution in [1.82, 2.24) is 9.29 Å². The molecule has 0 atom stereocenters. The fourth-order valence-corrected chi connectivity index (χ4v) is 5.34. The highest BCUT2D eigenvalue weighted by Crippen LogP contribution is 2.31. The lowest BCUT2D eigenvalue weighted by Crippen LogP contribution is -2.31. The number of hydrogen-bond acceptors (Lipinski definition) is 6. The SMILES string of the molecule is CCCN(CCC)c1ccc(NC(=O)N(C)c2sc(S(=O)(=O)N(C)C)nc2C)cc1. The Morgan fingerprint density at radius 1 is 1.07 bits per heavy atom. The van der Waals surface area contributed by atoms with E-state index in [4.69, 9.17) is 0 Å². The largest absolute Gasteiger partial charge is 0.372 e. The number of hydrogen-bond donors (Lipinski definition) is 1. The van der Waals surface area contributed by atoms with Gasteiger partial charge >= 0.3 is 6.03 Å². The number of aromatic nitrogens is 1. The van der Waals surface area contributed by atoms with E-state index in [0.717, 1.165) is 47.3 Å². The first-order valence-electron chi connectivity index (χ1n) is 9.91. The van der Waals surface area contributed by atoms with Crippen molar-refractivity contribution < 1.29 is 13.2 Å².